The highest BCUT2D eigenvalue weighted by Gasteiger charge is 1.97. The predicted molar refractivity (Wildman–Crippen MR) is 36.9 cm³/mol. The maximum Gasteiger partial charge on any atom is 0.159 e. The van der Waals surface area contributed by atoms with Crippen molar-refractivity contribution in [2.45, 2.75) is 6.92 Å². The number of phenols is 1. The fourth-order valence-corrected chi connectivity index (χ4v) is 0.663. The molecular weight excluding hydrogens is 128 g/mol. The Morgan fingerprint density at radius 3 is 2.70 bits per heavy atom. The van der Waals surface area contributed by atoms with Crippen molar-refractivity contribution in [3.8, 4) is 5.75 Å². The van der Waals surface area contributed by atoms with Gasteiger partial charge in [-0.3, -0.25) is 4.79 Å². The predicted octanol–water partition coefficient (Wildman–Crippen LogP) is 1.39. The molecule has 0 aromatic heterocycles. The summed E-state index contributed by atoms with van der Waals surface area (Å²) in [5, 5.41) is 8.88. The number of ketones is 1. The molecule has 0 bridgehead atoms. The molecule has 0 amide bonds. The third-order valence-electron chi connectivity index (χ3n) is 1.18. The number of carbonyl (C=O) groups excluding carboxylic acids is 1. The van der Waals surface area contributed by atoms with Crippen LogP contribution in [0.1, 0.15) is 17.3 Å². The molecule has 1 rings (SSSR count). The van der Waals surface area contributed by atoms with Gasteiger partial charge in [-0.05, 0) is 31.2 Å². The van der Waals surface area contributed by atoms with Crippen molar-refractivity contribution in [1.29, 1.82) is 0 Å². The number of rotatable bonds is 1. The van der Waals surface area contributed by atoms with Crippen LogP contribution in [0.2, 0.25) is 0 Å². The zero-order valence-corrected chi connectivity index (χ0v) is 5.59. The molecule has 0 heterocycles. The summed E-state index contributed by atoms with van der Waals surface area (Å²) in [7, 11) is 0. The van der Waals surface area contributed by atoms with Gasteiger partial charge in [-0.1, -0.05) is 0 Å². The second-order valence-electron chi connectivity index (χ2n) is 2.04. The van der Waals surface area contributed by atoms with Gasteiger partial charge in [0, 0.05) is 5.56 Å². The van der Waals surface area contributed by atoms with Gasteiger partial charge in [0.1, 0.15) is 5.75 Å². The van der Waals surface area contributed by atoms with Crippen LogP contribution in [0.25, 0.3) is 0 Å². The molecule has 51 valence electrons. The summed E-state index contributed by atoms with van der Waals surface area (Å²) in [6, 6.07) is 7.01. The lowest BCUT2D eigenvalue weighted by Gasteiger charge is -1.93. The van der Waals surface area contributed by atoms with Gasteiger partial charge in [-0.2, -0.15) is 0 Å². The molecular formula is C8H7O2. The minimum Gasteiger partial charge on any atom is -0.508 e. The number of phenolic OH excluding ortho intramolecular Hbond substituents is 1. The van der Waals surface area contributed by atoms with Crippen molar-refractivity contribution in [3.63, 3.8) is 0 Å². The molecule has 2 heteroatoms. The molecule has 0 unspecified atom stereocenters. The lowest BCUT2D eigenvalue weighted by molar-refractivity contribution is 0.101. The monoisotopic (exact) mass is 135 g/mol. The van der Waals surface area contributed by atoms with Crippen molar-refractivity contribution in [2.24, 2.45) is 0 Å². The maximum atomic E-state index is 10.7. The highest BCUT2D eigenvalue weighted by molar-refractivity contribution is 5.94. The Bertz CT molecular complexity index is 253. The normalized spacial score (nSPS) is 9.30. The van der Waals surface area contributed by atoms with E-state index >= 15 is 0 Å². The van der Waals surface area contributed by atoms with Crippen LogP contribution in [0, 0.1) is 6.07 Å². The fourth-order valence-electron chi connectivity index (χ4n) is 0.663. The minimum atomic E-state index is -0.0628. The Labute approximate surface area is 59.1 Å². The first-order valence-corrected chi connectivity index (χ1v) is 2.91. The van der Waals surface area contributed by atoms with Crippen LogP contribution in [0.4, 0.5) is 0 Å². The van der Waals surface area contributed by atoms with E-state index in [9.17, 15) is 4.79 Å². The van der Waals surface area contributed by atoms with Gasteiger partial charge in [0.05, 0.1) is 0 Å². The van der Waals surface area contributed by atoms with Crippen molar-refractivity contribution in [1.82, 2.24) is 0 Å². The Morgan fingerprint density at radius 1 is 1.60 bits per heavy atom. The largest absolute Gasteiger partial charge is 0.508 e. The van der Waals surface area contributed by atoms with Gasteiger partial charge in [0.25, 0.3) is 0 Å². The van der Waals surface area contributed by atoms with Gasteiger partial charge < -0.3 is 5.11 Å². The molecule has 2 nitrogen and oxygen atoms in total. The molecule has 1 aromatic rings. The molecule has 0 fully saturated rings. The Hall–Kier alpha value is -1.31. The Kier molecular flexibility index (Phi) is 1.71. The molecule has 0 saturated heterocycles. The van der Waals surface area contributed by atoms with Gasteiger partial charge in [-0.25, -0.2) is 0 Å². The Balaban J connectivity index is 3.07. The van der Waals surface area contributed by atoms with Gasteiger partial charge >= 0.3 is 0 Å². The van der Waals surface area contributed by atoms with Crippen LogP contribution >= 0.6 is 0 Å². The molecule has 0 saturated carbocycles. The molecule has 10 heavy (non-hydrogen) atoms. The lowest BCUT2D eigenvalue weighted by Crippen LogP contribution is -1.89. The molecule has 1 radical (unpaired) electrons. The minimum absolute atomic E-state index is 0.0628. The summed E-state index contributed by atoms with van der Waals surface area (Å²) in [6.45, 7) is 1.45. The zero-order valence-electron chi connectivity index (χ0n) is 5.59. The van der Waals surface area contributed by atoms with Gasteiger partial charge in [0.15, 0.2) is 5.78 Å². The standard InChI is InChI=1S/C8H7O2/c1-6(9)7-3-2-4-8(10)5-7/h3-5,10H,1H3. The topological polar surface area (TPSA) is 37.3 Å². The molecule has 0 aliphatic heterocycles. The first-order valence-electron chi connectivity index (χ1n) is 2.91. The molecule has 0 aliphatic rings. The first kappa shape index (κ1) is 6.81. The Morgan fingerprint density at radius 2 is 2.30 bits per heavy atom. The summed E-state index contributed by atoms with van der Waals surface area (Å²) in [5.74, 6) is 0.0138. The maximum absolute atomic E-state index is 10.7. The molecule has 1 N–H and O–H groups in total. The van der Waals surface area contributed by atoms with E-state index in [1.165, 1.54) is 19.1 Å². The van der Waals surface area contributed by atoms with E-state index < -0.39 is 0 Å². The fraction of sp³-hybridized carbons (Fsp3) is 0.125. The molecule has 0 aliphatic carbocycles. The van der Waals surface area contributed by atoms with E-state index in [-0.39, 0.29) is 11.5 Å². The number of hydrogen-bond acceptors (Lipinski definition) is 2. The van der Waals surface area contributed by atoms with Crippen LogP contribution in [0.3, 0.4) is 0 Å². The number of Topliss-reactive ketones (excluding diaryl/α,β-unsaturated/α-hetero) is 1. The quantitative estimate of drug-likeness (QED) is 0.591. The summed E-state index contributed by atoms with van der Waals surface area (Å²) in [5.41, 5.74) is 0.486. The average molecular weight is 135 g/mol. The van der Waals surface area contributed by atoms with E-state index in [1.807, 2.05) is 0 Å². The van der Waals surface area contributed by atoms with Crippen LogP contribution in [-0.2, 0) is 0 Å². The summed E-state index contributed by atoms with van der Waals surface area (Å²) in [6.07, 6.45) is 0. The van der Waals surface area contributed by atoms with Crippen LogP contribution < -0.4 is 0 Å². The SMILES string of the molecule is CC(=O)c1c[c]cc(O)c1. The van der Waals surface area contributed by atoms with Crippen molar-refractivity contribution in [2.75, 3.05) is 0 Å². The van der Waals surface area contributed by atoms with E-state index in [0.29, 0.717) is 5.56 Å². The van der Waals surface area contributed by atoms with E-state index in [2.05, 4.69) is 6.07 Å². The lowest BCUT2D eigenvalue weighted by atomic mass is 10.1. The number of hydrogen-bond donors (Lipinski definition) is 1. The average Bonchev–Trinajstić information content (AvgIpc) is 1.88. The second-order valence-corrected chi connectivity index (χ2v) is 2.04. The second kappa shape index (κ2) is 2.52. The van der Waals surface area contributed by atoms with E-state index in [0.717, 1.165) is 0 Å². The first-order chi connectivity index (χ1) is 4.70. The molecule has 1 aromatic carbocycles. The van der Waals surface area contributed by atoms with Crippen LogP contribution in [-0.4, -0.2) is 10.9 Å². The highest BCUT2D eigenvalue weighted by atomic mass is 16.3. The van der Waals surface area contributed by atoms with E-state index in [4.69, 9.17) is 5.11 Å². The highest BCUT2D eigenvalue weighted by Crippen LogP contribution is 2.10. The third kappa shape index (κ3) is 1.35. The molecule has 0 atom stereocenters. The number of carbonyl (C=O) groups is 1. The number of aromatic hydroxyl groups is 1. The summed E-state index contributed by atoms with van der Waals surface area (Å²) >= 11 is 0. The molecule has 0 spiro atoms. The summed E-state index contributed by atoms with van der Waals surface area (Å²) < 4.78 is 0. The zero-order chi connectivity index (χ0) is 7.56. The van der Waals surface area contributed by atoms with Crippen molar-refractivity contribution >= 4 is 5.78 Å². The number of benzene rings is 1. The summed E-state index contributed by atoms with van der Waals surface area (Å²) in [4.78, 5) is 10.7. The van der Waals surface area contributed by atoms with Gasteiger partial charge in [-0.15, -0.1) is 0 Å². The van der Waals surface area contributed by atoms with Crippen molar-refractivity contribution in [3.05, 3.63) is 29.8 Å². The van der Waals surface area contributed by atoms with Crippen LogP contribution in [0.5, 0.6) is 5.75 Å². The van der Waals surface area contributed by atoms with Crippen LogP contribution in [0.15, 0.2) is 18.2 Å². The van der Waals surface area contributed by atoms with E-state index in [1.54, 1.807) is 6.07 Å². The smallest absolute Gasteiger partial charge is 0.159 e. The third-order valence-corrected chi connectivity index (χ3v) is 1.18. The van der Waals surface area contributed by atoms with Gasteiger partial charge in [0.2, 0.25) is 0 Å². The van der Waals surface area contributed by atoms with Crippen molar-refractivity contribution < 1.29 is 9.90 Å².